The van der Waals surface area contributed by atoms with Gasteiger partial charge in [-0.25, -0.2) is 0 Å². The number of benzene rings is 9. The van der Waals surface area contributed by atoms with E-state index in [1.807, 2.05) is 18.6 Å². The number of halogens is 3. The monoisotopic (exact) mass is 1580 g/mol. The van der Waals surface area contributed by atoms with Crippen LogP contribution >= 0.6 is 47.8 Å². The molecule has 7 heteroatoms. The van der Waals surface area contributed by atoms with Gasteiger partial charge in [0, 0.05) is 35.3 Å². The van der Waals surface area contributed by atoms with Crippen LogP contribution in [0.15, 0.2) is 238 Å². The van der Waals surface area contributed by atoms with Gasteiger partial charge < -0.3 is 15.0 Å². The maximum atomic E-state index is 5.03. The van der Waals surface area contributed by atoms with Gasteiger partial charge in [0.05, 0.1) is 0 Å². The van der Waals surface area contributed by atoms with Crippen molar-refractivity contribution < 1.29 is 20.1 Å². The topological polar surface area (TPSA) is 38.7 Å². The third-order valence-electron chi connectivity index (χ3n) is 18.8. The molecule has 3 heterocycles. The summed E-state index contributed by atoms with van der Waals surface area (Å²) in [6.45, 7) is 20.4. The van der Waals surface area contributed by atoms with Gasteiger partial charge in [-0.1, -0.05) is 306 Å². The Morgan fingerprint density at radius 1 is 0.333 bits per heavy atom. The van der Waals surface area contributed by atoms with Crippen LogP contribution in [-0.4, -0.2) is 15.0 Å². The van der Waals surface area contributed by atoms with Gasteiger partial charge >= 0.3 is 20.1 Å². The molecule has 1 fully saturated rings. The van der Waals surface area contributed by atoms with Crippen molar-refractivity contribution in [2.45, 2.75) is 110 Å². The second-order valence-corrected chi connectivity index (χ2v) is 29.6. The van der Waals surface area contributed by atoms with Crippen molar-refractivity contribution in [2.24, 2.45) is 0 Å². The van der Waals surface area contributed by atoms with Crippen molar-refractivity contribution in [1.82, 2.24) is 15.0 Å². The molecule has 0 aliphatic heterocycles. The van der Waals surface area contributed by atoms with Crippen LogP contribution in [0.2, 0.25) is 0 Å². The normalized spacial score (nSPS) is 15.0. The number of aromatic nitrogens is 3. The predicted molar refractivity (Wildman–Crippen MR) is 395 cm³/mol. The second kappa shape index (κ2) is 27.5. The number of pyridine rings is 3. The fraction of sp³-hybridized carbons (Fsp3) is 0.198. The van der Waals surface area contributed by atoms with Crippen molar-refractivity contribution >= 4 is 47.8 Å². The molecule has 0 amide bonds. The quantitative estimate of drug-likeness (QED) is 0.114. The van der Waals surface area contributed by atoms with Crippen LogP contribution in [0.4, 0.5) is 0 Å². The Morgan fingerprint density at radius 2 is 0.634 bits per heavy atom. The Morgan fingerprint density at radius 3 is 0.946 bits per heavy atom. The Bertz CT molecular complexity index is 4510. The summed E-state index contributed by atoms with van der Waals surface area (Å²) in [6.07, 6.45) is 8.87. The van der Waals surface area contributed by atoms with E-state index >= 15 is 0 Å². The summed E-state index contributed by atoms with van der Waals surface area (Å²) in [5.74, 6) is 0.518. The molecule has 9 aromatic carbocycles. The van der Waals surface area contributed by atoms with Gasteiger partial charge in [0.15, 0.2) is 0 Å². The van der Waals surface area contributed by atoms with E-state index in [2.05, 4.69) is 335 Å². The molecule has 0 radical (unpaired) electrons. The number of hydrogen-bond acceptors (Lipinski definition) is 3. The Kier molecular flexibility index (Phi) is 19.4. The number of hydrogen-bond donors (Lipinski definition) is 0. The van der Waals surface area contributed by atoms with Crippen molar-refractivity contribution in [3.05, 3.63) is 301 Å². The van der Waals surface area contributed by atoms with Gasteiger partial charge in [0.1, 0.15) is 0 Å². The first-order chi connectivity index (χ1) is 44.3. The Hall–Kier alpha value is -7.48. The first-order valence-electron chi connectivity index (χ1n) is 31.9. The fourth-order valence-corrected chi connectivity index (χ4v) is 15.4. The van der Waals surface area contributed by atoms with Crippen molar-refractivity contribution in [2.75, 3.05) is 0 Å². The standard InChI is InChI=1S/C86H73Br3N3.Ir/c1-53-39-82(90-50-76(53)56-21-13-10-14-22-56)59-29-34-71(79(87)45-59)70-28-20-19-27-67(70)62-42-63(68-37-32-65(85(4,5)6)48-74(68)72-35-30-60(46-80(72)88)83-40-54(2)77(51-91-83)57-23-15-11-16-24-57)44-64(43-62)69-38-33-66(86(7,8)9)49-75(69)73-36-31-61(47-81(73)89)84-41-55(3)78(52-92-84)58-25-17-12-18-26-58;/h10-28,32-41,45-52,62-64H,42-44H2,1-9H3;/q-3;+3. The number of aryl methyl sites for hydroxylation is 3. The smallest absolute Gasteiger partial charge is 0.304 e. The van der Waals surface area contributed by atoms with Gasteiger partial charge in [-0.05, 0) is 147 Å². The second-order valence-electron chi connectivity index (χ2n) is 27.1. The zero-order chi connectivity index (χ0) is 64.0. The van der Waals surface area contributed by atoms with Crippen LogP contribution in [-0.2, 0) is 30.9 Å². The number of nitrogens with zero attached hydrogens (tertiary/aromatic N) is 3. The van der Waals surface area contributed by atoms with E-state index in [0.29, 0.717) is 0 Å². The van der Waals surface area contributed by atoms with E-state index in [9.17, 15) is 0 Å². The van der Waals surface area contributed by atoms with E-state index in [-0.39, 0.29) is 48.7 Å². The largest absolute Gasteiger partial charge is 3.00 e. The minimum absolute atomic E-state index is 0. The zero-order valence-electron chi connectivity index (χ0n) is 54.0. The molecule has 1 aliphatic rings. The molecule has 2 unspecified atom stereocenters. The van der Waals surface area contributed by atoms with Crippen LogP contribution in [0.3, 0.4) is 0 Å². The summed E-state index contributed by atoms with van der Waals surface area (Å²) in [4.78, 5) is 15.1. The molecular weight excluding hydrogens is 1510 g/mol. The van der Waals surface area contributed by atoms with Crippen LogP contribution in [0, 0.1) is 39.0 Å². The van der Waals surface area contributed by atoms with Crippen LogP contribution in [0.25, 0.3) is 101 Å². The van der Waals surface area contributed by atoms with E-state index in [4.69, 9.17) is 15.0 Å². The van der Waals surface area contributed by atoms with Crippen LogP contribution in [0.5, 0.6) is 0 Å². The maximum Gasteiger partial charge on any atom is 3.00 e. The molecule has 0 spiro atoms. The third-order valence-corrected chi connectivity index (χ3v) is 20.8. The van der Waals surface area contributed by atoms with Crippen molar-refractivity contribution in [1.29, 1.82) is 0 Å². The molecule has 0 saturated heterocycles. The molecule has 0 bridgehead atoms. The van der Waals surface area contributed by atoms with E-state index < -0.39 is 0 Å². The summed E-state index contributed by atoms with van der Waals surface area (Å²) in [5.41, 5.74) is 29.4. The molecular formula is C86H73Br3IrN3. The SMILES string of the molecule is Cc1cc(-c2[c-]cc(-c3ccccc3C3CC(c4ccc(C(C)(C)C)cc4-c4c[c-]c(-c5cc(C)c(-c6ccccc6)cn5)cc4Br)CC(c4ccc(C(C)(C)C)cc4-c4c[c-]c(-c5cc(C)c(-c6ccccc6)cn5)cc4Br)C3)c(Br)c2)ncc1-c1ccccc1.[Ir+3]. The summed E-state index contributed by atoms with van der Waals surface area (Å²) in [6, 6.07) is 86.2. The molecule has 13 rings (SSSR count). The fourth-order valence-electron chi connectivity index (χ4n) is 13.7. The molecule has 2 atom stereocenters. The van der Waals surface area contributed by atoms with Gasteiger partial charge in [0.25, 0.3) is 0 Å². The van der Waals surface area contributed by atoms with Gasteiger partial charge in [0.2, 0.25) is 0 Å². The zero-order valence-corrected chi connectivity index (χ0v) is 61.2. The van der Waals surface area contributed by atoms with Crippen LogP contribution < -0.4 is 0 Å². The molecule has 12 aromatic rings. The van der Waals surface area contributed by atoms with Gasteiger partial charge in [-0.3, -0.25) is 0 Å². The van der Waals surface area contributed by atoms with Crippen molar-refractivity contribution in [3.8, 4) is 101 Å². The van der Waals surface area contributed by atoms with Gasteiger partial charge in [-0.2, -0.15) is 0 Å². The van der Waals surface area contributed by atoms with Gasteiger partial charge in [-0.15, -0.1) is 71.3 Å². The van der Waals surface area contributed by atoms with E-state index in [1.165, 1.54) is 61.2 Å². The summed E-state index contributed by atoms with van der Waals surface area (Å²) in [7, 11) is 0. The minimum Gasteiger partial charge on any atom is -0.304 e. The average Bonchev–Trinajstić information content (AvgIpc) is 0.888. The molecule has 1 saturated carbocycles. The molecule has 3 nitrogen and oxygen atoms in total. The molecule has 0 N–H and O–H groups in total. The maximum absolute atomic E-state index is 5.03. The van der Waals surface area contributed by atoms with E-state index in [1.54, 1.807) is 0 Å². The number of rotatable bonds is 12. The molecule has 3 aromatic heterocycles. The third kappa shape index (κ3) is 13.9. The Balaban J connectivity index is 0.00000832. The average molecular weight is 1580 g/mol. The molecule has 462 valence electrons. The van der Waals surface area contributed by atoms with Crippen molar-refractivity contribution in [3.63, 3.8) is 0 Å². The molecule has 1 aliphatic carbocycles. The van der Waals surface area contributed by atoms with Crippen LogP contribution in [0.1, 0.15) is 123 Å². The molecule has 93 heavy (non-hydrogen) atoms. The first-order valence-corrected chi connectivity index (χ1v) is 34.3. The summed E-state index contributed by atoms with van der Waals surface area (Å²) < 4.78 is 3.05. The van der Waals surface area contributed by atoms with E-state index in [0.717, 1.165) is 117 Å². The minimum atomic E-state index is -0.0907. The summed E-state index contributed by atoms with van der Waals surface area (Å²) >= 11 is 12.5. The summed E-state index contributed by atoms with van der Waals surface area (Å²) in [5, 5.41) is 0. The first kappa shape index (κ1) is 65.6. The Labute approximate surface area is 589 Å². The predicted octanol–water partition coefficient (Wildman–Crippen LogP) is 24.9.